The van der Waals surface area contributed by atoms with E-state index in [4.69, 9.17) is 15.7 Å². The van der Waals surface area contributed by atoms with Gasteiger partial charge in [-0.25, -0.2) is 0 Å². The molecule has 5 nitrogen and oxygen atoms in total. The SMILES string of the molecule is CN(CC1CCOCC1)CC1(CC(N)=NO)CC1. The Labute approximate surface area is 109 Å². The number of amidine groups is 1. The first-order chi connectivity index (χ1) is 8.63. The Kier molecular flexibility index (Phi) is 4.45. The van der Waals surface area contributed by atoms with Gasteiger partial charge in [0.25, 0.3) is 0 Å². The number of ether oxygens (including phenoxy) is 1. The molecular formula is C13H25N3O2. The van der Waals surface area contributed by atoms with Crippen LogP contribution < -0.4 is 5.73 Å². The number of hydrogen-bond acceptors (Lipinski definition) is 4. The normalized spacial score (nSPS) is 24.4. The van der Waals surface area contributed by atoms with E-state index in [1.807, 2.05) is 0 Å². The second-order valence-corrected chi connectivity index (χ2v) is 6.02. The van der Waals surface area contributed by atoms with Gasteiger partial charge in [-0.1, -0.05) is 5.16 Å². The fourth-order valence-electron chi connectivity index (χ4n) is 2.99. The lowest BCUT2D eigenvalue weighted by molar-refractivity contribution is 0.0535. The van der Waals surface area contributed by atoms with Gasteiger partial charge in [0, 0.05) is 32.7 Å². The van der Waals surface area contributed by atoms with Crippen LogP contribution >= 0.6 is 0 Å². The maximum atomic E-state index is 8.66. The summed E-state index contributed by atoms with van der Waals surface area (Å²) < 4.78 is 5.38. The standard InChI is InChI=1S/C13H25N3O2/c1-16(9-11-2-6-18-7-3-11)10-13(4-5-13)8-12(14)15-17/h11,17H,2-10H2,1H3,(H2,14,15). The molecule has 1 saturated carbocycles. The average molecular weight is 255 g/mol. The van der Waals surface area contributed by atoms with E-state index in [9.17, 15) is 0 Å². The Bertz CT molecular complexity index is 297. The molecule has 2 rings (SSSR count). The van der Waals surface area contributed by atoms with Crippen molar-refractivity contribution >= 4 is 5.84 Å². The maximum absolute atomic E-state index is 8.66. The van der Waals surface area contributed by atoms with Crippen molar-refractivity contribution in [3.8, 4) is 0 Å². The molecule has 2 fully saturated rings. The minimum atomic E-state index is 0.274. The Morgan fingerprint density at radius 1 is 1.44 bits per heavy atom. The van der Waals surface area contributed by atoms with Crippen molar-refractivity contribution in [3.05, 3.63) is 0 Å². The summed E-state index contributed by atoms with van der Waals surface area (Å²) in [5, 5.41) is 11.8. The van der Waals surface area contributed by atoms with E-state index in [1.165, 1.54) is 25.7 Å². The van der Waals surface area contributed by atoms with Crippen LogP contribution in [-0.2, 0) is 4.74 Å². The minimum Gasteiger partial charge on any atom is -0.409 e. The number of nitrogens with zero attached hydrogens (tertiary/aromatic N) is 2. The molecule has 0 aromatic heterocycles. The molecule has 1 heterocycles. The highest BCUT2D eigenvalue weighted by Crippen LogP contribution is 2.49. The van der Waals surface area contributed by atoms with Crippen LogP contribution in [0.25, 0.3) is 0 Å². The monoisotopic (exact) mass is 255 g/mol. The van der Waals surface area contributed by atoms with E-state index >= 15 is 0 Å². The molecule has 0 atom stereocenters. The molecule has 0 spiro atoms. The molecule has 5 heteroatoms. The van der Waals surface area contributed by atoms with E-state index in [2.05, 4.69) is 17.1 Å². The van der Waals surface area contributed by atoms with Crippen molar-refractivity contribution in [3.63, 3.8) is 0 Å². The molecule has 3 N–H and O–H groups in total. The van der Waals surface area contributed by atoms with Gasteiger partial charge in [0.2, 0.25) is 0 Å². The van der Waals surface area contributed by atoms with Crippen molar-refractivity contribution in [1.29, 1.82) is 0 Å². The first kappa shape index (κ1) is 13.6. The zero-order valence-electron chi connectivity index (χ0n) is 11.3. The van der Waals surface area contributed by atoms with E-state index in [-0.39, 0.29) is 5.41 Å². The molecule has 2 aliphatic rings. The number of rotatable bonds is 6. The summed E-state index contributed by atoms with van der Waals surface area (Å²) in [5.74, 6) is 1.13. The molecule has 1 aliphatic heterocycles. The summed E-state index contributed by atoms with van der Waals surface area (Å²) in [6, 6.07) is 0. The van der Waals surface area contributed by atoms with Crippen LogP contribution in [-0.4, -0.2) is 49.3 Å². The molecule has 18 heavy (non-hydrogen) atoms. The zero-order chi connectivity index (χ0) is 13.0. The predicted octanol–water partition coefficient (Wildman–Crippen LogP) is 1.26. The highest BCUT2D eigenvalue weighted by atomic mass is 16.5. The average Bonchev–Trinajstić information content (AvgIpc) is 3.09. The summed E-state index contributed by atoms with van der Waals surface area (Å²) in [7, 11) is 2.18. The first-order valence-corrected chi connectivity index (χ1v) is 6.86. The molecule has 0 aromatic rings. The van der Waals surface area contributed by atoms with Gasteiger partial charge >= 0.3 is 0 Å². The molecule has 104 valence electrons. The lowest BCUT2D eigenvalue weighted by atomic mass is 9.97. The quantitative estimate of drug-likeness (QED) is 0.324. The van der Waals surface area contributed by atoms with Gasteiger partial charge in [0.1, 0.15) is 5.84 Å². The second kappa shape index (κ2) is 5.89. The van der Waals surface area contributed by atoms with Gasteiger partial charge in [0.05, 0.1) is 0 Å². The third kappa shape index (κ3) is 3.85. The van der Waals surface area contributed by atoms with Crippen LogP contribution in [0.2, 0.25) is 0 Å². The molecule has 0 radical (unpaired) electrons. The Balaban J connectivity index is 1.74. The lowest BCUT2D eigenvalue weighted by Gasteiger charge is -2.29. The van der Waals surface area contributed by atoms with Crippen LogP contribution in [0.5, 0.6) is 0 Å². The molecule has 1 saturated heterocycles. The maximum Gasteiger partial charge on any atom is 0.139 e. The molecular weight excluding hydrogens is 230 g/mol. The number of oxime groups is 1. The van der Waals surface area contributed by atoms with Gasteiger partial charge in [-0.3, -0.25) is 0 Å². The molecule has 0 unspecified atom stereocenters. The van der Waals surface area contributed by atoms with Gasteiger partial charge in [0.15, 0.2) is 0 Å². The van der Waals surface area contributed by atoms with Crippen LogP contribution in [0.1, 0.15) is 32.1 Å². The van der Waals surface area contributed by atoms with Crippen molar-refractivity contribution in [2.24, 2.45) is 22.2 Å². The number of hydrogen-bond donors (Lipinski definition) is 2. The zero-order valence-corrected chi connectivity index (χ0v) is 11.3. The Hall–Kier alpha value is -0.810. The molecule has 0 bridgehead atoms. The van der Waals surface area contributed by atoms with Gasteiger partial charge in [-0.05, 0) is 44.1 Å². The van der Waals surface area contributed by atoms with E-state index in [0.717, 1.165) is 38.6 Å². The molecule has 0 aromatic carbocycles. The summed E-state index contributed by atoms with van der Waals surface area (Å²) in [5.41, 5.74) is 5.90. The highest BCUT2D eigenvalue weighted by Gasteiger charge is 2.44. The molecule has 0 amide bonds. The topological polar surface area (TPSA) is 71.1 Å². The Morgan fingerprint density at radius 2 is 2.11 bits per heavy atom. The Morgan fingerprint density at radius 3 is 2.67 bits per heavy atom. The summed E-state index contributed by atoms with van der Waals surface area (Å²) in [6.07, 6.45) is 5.47. The summed E-state index contributed by atoms with van der Waals surface area (Å²) in [4.78, 5) is 2.41. The van der Waals surface area contributed by atoms with E-state index < -0.39 is 0 Å². The van der Waals surface area contributed by atoms with Crippen molar-refractivity contribution in [1.82, 2.24) is 4.90 Å². The highest BCUT2D eigenvalue weighted by molar-refractivity contribution is 5.80. The predicted molar refractivity (Wildman–Crippen MR) is 70.7 cm³/mol. The fourth-order valence-corrected chi connectivity index (χ4v) is 2.99. The summed E-state index contributed by atoms with van der Waals surface area (Å²) in [6.45, 7) is 4.02. The van der Waals surface area contributed by atoms with Gasteiger partial charge in [-0.2, -0.15) is 0 Å². The van der Waals surface area contributed by atoms with Gasteiger partial charge in [-0.15, -0.1) is 0 Å². The lowest BCUT2D eigenvalue weighted by Crippen LogP contribution is -2.35. The van der Waals surface area contributed by atoms with E-state index in [1.54, 1.807) is 0 Å². The number of nitrogens with two attached hydrogens (primary N) is 1. The third-order valence-corrected chi connectivity index (χ3v) is 4.16. The first-order valence-electron chi connectivity index (χ1n) is 6.86. The summed E-state index contributed by atoms with van der Waals surface area (Å²) >= 11 is 0. The largest absolute Gasteiger partial charge is 0.409 e. The van der Waals surface area contributed by atoms with Crippen LogP contribution in [0.15, 0.2) is 5.16 Å². The van der Waals surface area contributed by atoms with Gasteiger partial charge < -0.3 is 20.6 Å². The van der Waals surface area contributed by atoms with Crippen molar-refractivity contribution in [2.75, 3.05) is 33.4 Å². The van der Waals surface area contributed by atoms with Crippen molar-refractivity contribution in [2.45, 2.75) is 32.1 Å². The van der Waals surface area contributed by atoms with Crippen LogP contribution in [0.3, 0.4) is 0 Å². The van der Waals surface area contributed by atoms with Crippen molar-refractivity contribution < 1.29 is 9.94 Å². The third-order valence-electron chi connectivity index (χ3n) is 4.16. The molecule has 1 aliphatic carbocycles. The fraction of sp³-hybridized carbons (Fsp3) is 0.923. The smallest absolute Gasteiger partial charge is 0.139 e. The van der Waals surface area contributed by atoms with E-state index in [0.29, 0.717) is 5.84 Å². The minimum absolute atomic E-state index is 0.274. The second-order valence-electron chi connectivity index (χ2n) is 6.02. The van der Waals surface area contributed by atoms with Crippen LogP contribution in [0, 0.1) is 11.3 Å². The van der Waals surface area contributed by atoms with Crippen LogP contribution in [0.4, 0.5) is 0 Å².